The highest BCUT2D eigenvalue weighted by Crippen LogP contribution is 2.36. The Hall–Kier alpha value is -1.34. The predicted molar refractivity (Wildman–Crippen MR) is 127 cm³/mol. The maximum atomic E-state index is 6.13. The summed E-state index contributed by atoms with van der Waals surface area (Å²) in [4.78, 5) is 5.27. The second kappa shape index (κ2) is 11.6. The van der Waals surface area contributed by atoms with Crippen molar-refractivity contribution in [1.29, 1.82) is 0 Å². The molecule has 156 valence electrons. The van der Waals surface area contributed by atoms with Crippen molar-refractivity contribution >= 4 is 41.0 Å². The lowest BCUT2D eigenvalue weighted by molar-refractivity contribution is 0.0458. The van der Waals surface area contributed by atoms with Crippen molar-refractivity contribution in [2.75, 3.05) is 20.2 Å². The molecule has 1 unspecified atom stereocenters. The highest BCUT2D eigenvalue weighted by atomic mass is 35.5. The largest absolute Gasteiger partial charge is 0.493 e. The van der Waals surface area contributed by atoms with E-state index in [-0.39, 0.29) is 18.6 Å². The van der Waals surface area contributed by atoms with E-state index in [0.717, 1.165) is 44.9 Å². The molecule has 1 heterocycles. The highest BCUT2D eigenvalue weighted by molar-refractivity contribution is 7.81. The van der Waals surface area contributed by atoms with Crippen molar-refractivity contribution in [3.8, 4) is 21.9 Å². The molecule has 28 heavy (non-hydrogen) atoms. The van der Waals surface area contributed by atoms with Crippen LogP contribution >= 0.6 is 36.0 Å². The molecule has 0 bridgehead atoms. The van der Waals surface area contributed by atoms with Crippen LogP contribution in [0.25, 0.3) is 10.4 Å². The molecule has 1 aromatic heterocycles. The first-order chi connectivity index (χ1) is 12.9. The van der Waals surface area contributed by atoms with Gasteiger partial charge in [-0.2, -0.15) is 0 Å². The summed E-state index contributed by atoms with van der Waals surface area (Å²) in [5, 5.41) is 3.29. The van der Waals surface area contributed by atoms with Crippen molar-refractivity contribution < 1.29 is 9.47 Å². The molecule has 0 aliphatic carbocycles. The molecule has 0 aliphatic rings. The molecule has 7 heteroatoms. The van der Waals surface area contributed by atoms with Crippen LogP contribution in [0.4, 0.5) is 0 Å². The van der Waals surface area contributed by atoms with Crippen molar-refractivity contribution in [1.82, 2.24) is 10.2 Å². The van der Waals surface area contributed by atoms with Gasteiger partial charge in [0.1, 0.15) is 11.2 Å². The molecule has 0 fully saturated rings. The minimum atomic E-state index is -0.00688. The Labute approximate surface area is 184 Å². The van der Waals surface area contributed by atoms with Gasteiger partial charge in [0, 0.05) is 10.9 Å². The molecule has 0 radical (unpaired) electrons. The zero-order valence-electron chi connectivity index (χ0n) is 17.4. The Morgan fingerprint density at radius 2 is 1.79 bits per heavy atom. The van der Waals surface area contributed by atoms with E-state index in [9.17, 15) is 0 Å². The van der Waals surface area contributed by atoms with E-state index in [1.165, 1.54) is 0 Å². The van der Waals surface area contributed by atoms with Crippen LogP contribution in [0.3, 0.4) is 0 Å². The van der Waals surface area contributed by atoms with E-state index < -0.39 is 0 Å². The van der Waals surface area contributed by atoms with E-state index in [1.54, 1.807) is 18.4 Å². The van der Waals surface area contributed by atoms with Crippen LogP contribution in [0.15, 0.2) is 30.3 Å². The lowest BCUT2D eigenvalue weighted by atomic mass is 10.1. The molecule has 1 atom stereocenters. The van der Waals surface area contributed by atoms with Gasteiger partial charge in [0.05, 0.1) is 12.0 Å². The van der Waals surface area contributed by atoms with Crippen LogP contribution < -0.4 is 14.8 Å². The van der Waals surface area contributed by atoms with Gasteiger partial charge >= 0.3 is 0 Å². The predicted octanol–water partition coefficient (Wildman–Crippen LogP) is 5.59. The van der Waals surface area contributed by atoms with Crippen molar-refractivity contribution in [3.63, 3.8) is 0 Å². The van der Waals surface area contributed by atoms with Crippen molar-refractivity contribution in [2.24, 2.45) is 0 Å². The topological polar surface area (TPSA) is 33.7 Å². The number of hydrogen-bond acceptors (Lipinski definition) is 5. The lowest BCUT2D eigenvalue weighted by Gasteiger charge is -2.27. The minimum Gasteiger partial charge on any atom is -0.493 e. The molecule has 1 aromatic carbocycles. The van der Waals surface area contributed by atoms with E-state index in [1.807, 2.05) is 12.1 Å². The van der Waals surface area contributed by atoms with Gasteiger partial charge in [0.15, 0.2) is 11.5 Å². The quantitative estimate of drug-likeness (QED) is 0.404. The van der Waals surface area contributed by atoms with Gasteiger partial charge in [0.2, 0.25) is 0 Å². The van der Waals surface area contributed by atoms with E-state index in [0.29, 0.717) is 6.04 Å². The van der Waals surface area contributed by atoms with E-state index >= 15 is 0 Å². The molecule has 0 saturated carbocycles. The Bertz CT molecular complexity index is 761. The summed E-state index contributed by atoms with van der Waals surface area (Å²) < 4.78 is 11.7. The van der Waals surface area contributed by atoms with Crippen LogP contribution in [-0.2, 0) is 0 Å². The fourth-order valence-electron chi connectivity index (χ4n) is 2.86. The van der Waals surface area contributed by atoms with Gasteiger partial charge in [-0.3, -0.25) is 4.90 Å². The van der Waals surface area contributed by atoms with Gasteiger partial charge in [-0.25, -0.2) is 0 Å². The fourth-order valence-corrected chi connectivity index (χ4v) is 4.20. The fraction of sp³-hybridized carbons (Fsp3) is 0.476. The maximum absolute atomic E-state index is 6.13. The zero-order valence-corrected chi connectivity index (χ0v) is 19.9. The zero-order chi connectivity index (χ0) is 20.0. The van der Waals surface area contributed by atoms with Crippen LogP contribution in [0.5, 0.6) is 11.5 Å². The summed E-state index contributed by atoms with van der Waals surface area (Å²) in [6, 6.07) is 10.6. The summed E-state index contributed by atoms with van der Waals surface area (Å²) in [5.74, 6) is 1.50. The van der Waals surface area contributed by atoms with E-state index in [2.05, 4.69) is 63.0 Å². The molecule has 1 N–H and O–H groups in total. The third kappa shape index (κ3) is 6.34. The standard InChI is InChI=1S/C21H30N2O2S2.ClH/c1-7-23(8-2)15(5)25-17-10-9-16(13-18(17)24-6)19-11-12-20(27-19)21(26)22-14(3)4;/h9-15H,7-8H2,1-6H3,(H,22,26);1H. The normalized spacial score (nSPS) is 11.9. The number of methoxy groups -OCH3 is 1. The Balaban J connectivity index is 0.00000392. The van der Waals surface area contributed by atoms with Crippen molar-refractivity contribution in [3.05, 3.63) is 35.2 Å². The third-order valence-corrected chi connectivity index (χ3v) is 5.94. The number of nitrogens with zero attached hydrogens (tertiary/aromatic N) is 1. The molecule has 0 saturated heterocycles. The van der Waals surface area contributed by atoms with Gasteiger partial charge in [-0.1, -0.05) is 26.1 Å². The second-order valence-electron chi connectivity index (χ2n) is 6.60. The molecular formula is C21H31ClN2O2S2. The molecule has 0 aliphatic heterocycles. The Morgan fingerprint density at radius 3 is 2.36 bits per heavy atom. The maximum Gasteiger partial charge on any atom is 0.163 e. The summed E-state index contributed by atoms with van der Waals surface area (Å²) in [7, 11) is 1.68. The summed E-state index contributed by atoms with van der Waals surface area (Å²) in [5.41, 5.74) is 1.10. The second-order valence-corrected chi connectivity index (χ2v) is 8.09. The van der Waals surface area contributed by atoms with Crippen molar-refractivity contribution in [2.45, 2.75) is 46.9 Å². The molecule has 0 amide bonds. The summed E-state index contributed by atoms with van der Waals surface area (Å²) in [6.07, 6.45) is -0.00688. The molecule has 4 nitrogen and oxygen atoms in total. The van der Waals surface area contributed by atoms with Gasteiger partial charge in [-0.05, 0) is 69.8 Å². The Morgan fingerprint density at radius 1 is 1.11 bits per heavy atom. The number of nitrogens with one attached hydrogen (secondary N) is 1. The number of rotatable bonds is 9. The number of benzene rings is 1. The van der Waals surface area contributed by atoms with Crippen LogP contribution in [0.1, 0.15) is 39.5 Å². The van der Waals surface area contributed by atoms with Gasteiger partial charge < -0.3 is 14.8 Å². The molecular weight excluding hydrogens is 412 g/mol. The first-order valence-corrected chi connectivity index (χ1v) is 10.6. The van der Waals surface area contributed by atoms with Gasteiger partial charge in [0.25, 0.3) is 0 Å². The monoisotopic (exact) mass is 442 g/mol. The van der Waals surface area contributed by atoms with Crippen LogP contribution in [-0.4, -0.2) is 42.4 Å². The first-order valence-electron chi connectivity index (χ1n) is 9.39. The third-order valence-electron chi connectivity index (χ3n) is 4.32. The molecule has 2 aromatic rings. The lowest BCUT2D eigenvalue weighted by Crippen LogP contribution is -2.36. The average Bonchev–Trinajstić information content (AvgIpc) is 3.13. The summed E-state index contributed by atoms with van der Waals surface area (Å²) in [6.45, 7) is 12.4. The number of thiocarbonyl (C=S) groups is 1. The number of hydrogen-bond donors (Lipinski definition) is 1. The highest BCUT2D eigenvalue weighted by Gasteiger charge is 2.16. The molecule has 0 spiro atoms. The van der Waals surface area contributed by atoms with E-state index in [4.69, 9.17) is 21.7 Å². The summed E-state index contributed by atoms with van der Waals surface area (Å²) >= 11 is 7.15. The first kappa shape index (κ1) is 24.7. The minimum absolute atomic E-state index is 0. The number of thiophene rings is 1. The van der Waals surface area contributed by atoms with Gasteiger partial charge in [-0.15, -0.1) is 23.7 Å². The Kier molecular flexibility index (Phi) is 10.2. The number of ether oxygens (including phenoxy) is 2. The SMILES string of the molecule is CCN(CC)C(C)Oc1ccc(-c2ccc(C(=S)NC(C)C)s2)cc1OC.Cl. The average molecular weight is 443 g/mol. The van der Waals surface area contributed by atoms with Crippen LogP contribution in [0.2, 0.25) is 0 Å². The molecule has 2 rings (SSSR count). The number of halogens is 1. The smallest absolute Gasteiger partial charge is 0.163 e. The van der Waals surface area contributed by atoms with Crippen LogP contribution in [0, 0.1) is 0 Å².